The smallest absolute Gasteiger partial charge is 0.182 e. The monoisotopic (exact) mass is 980 g/mol. The fourth-order valence-electron chi connectivity index (χ4n) is 9.97. The molecule has 12 aromatic rings. The fourth-order valence-corrected chi connectivity index (χ4v) is 9.97. The predicted octanol–water partition coefficient (Wildman–Crippen LogP) is 14.3. The Hall–Kier alpha value is -10.7. The highest BCUT2D eigenvalue weighted by molar-refractivity contribution is 5.96. The lowest BCUT2D eigenvalue weighted by Gasteiger charge is -2.34. The largest absolute Gasteiger partial charge is 0.453 e. The van der Waals surface area contributed by atoms with Crippen LogP contribution < -0.4 is 14.5 Å². The Balaban J connectivity index is 1.07. The molecule has 0 spiro atoms. The number of aromatic nitrogens is 10. The molecule has 13 heteroatoms. The highest BCUT2D eigenvalue weighted by Gasteiger charge is 2.30. The van der Waals surface area contributed by atoms with Crippen molar-refractivity contribution in [1.29, 1.82) is 0 Å². The number of anilines is 6. The molecule has 2 aliphatic heterocycles. The van der Waals surface area contributed by atoms with Gasteiger partial charge in [0.25, 0.3) is 0 Å². The average Bonchev–Trinajstić information content (AvgIpc) is 3.51. The molecule has 358 valence electrons. The number of nitrogens with zero attached hydrogens (tertiary/aromatic N) is 12. The topological polar surface area (TPSA) is 145 Å². The number of pyridine rings is 4. The van der Waals surface area contributed by atoms with Crippen molar-refractivity contribution in [3.05, 3.63) is 242 Å². The number of ether oxygens (including phenoxy) is 1. The summed E-state index contributed by atoms with van der Waals surface area (Å²) in [5.74, 6) is 3.83. The Labute approximate surface area is 436 Å². The van der Waals surface area contributed by atoms with Crippen molar-refractivity contribution < 1.29 is 4.74 Å². The lowest BCUT2D eigenvalue weighted by Crippen LogP contribution is -2.18. The molecule has 0 fully saturated rings. The van der Waals surface area contributed by atoms with Crippen molar-refractivity contribution in [2.45, 2.75) is 6.42 Å². The summed E-state index contributed by atoms with van der Waals surface area (Å²) in [6.45, 7) is 0. The van der Waals surface area contributed by atoms with Gasteiger partial charge in [-0.2, -0.15) is 0 Å². The van der Waals surface area contributed by atoms with Gasteiger partial charge >= 0.3 is 0 Å². The zero-order chi connectivity index (χ0) is 50.4. The number of rotatable bonds is 9. The van der Waals surface area contributed by atoms with Crippen LogP contribution in [-0.4, -0.2) is 49.8 Å². The standard InChI is InChI=1S/C63H40N12O/c1-3-23-52-40(17-1)37-41-18-2-4-24-53(41)74(52)42-29-31-44(46(38-42)58-68-60(48-19-9-13-33-64-48)72-61(69-58)49-20-10-14-34-65-49)45-32-30-43(75-54-25-5-7-27-56(54)76-57-28-8-6-26-55(57)75)39-47(45)59-70-62(50-21-11-15-35-66-50)73-63(71-59)51-22-12-16-36-67-51/h1-36,38-39H,37H2. The van der Waals surface area contributed by atoms with E-state index in [1.807, 2.05) is 109 Å². The molecular weight excluding hydrogens is 941 g/mol. The second kappa shape index (κ2) is 18.7. The summed E-state index contributed by atoms with van der Waals surface area (Å²) in [5.41, 5.74) is 13.5. The van der Waals surface area contributed by atoms with E-state index in [-0.39, 0.29) is 0 Å². The quantitative estimate of drug-likeness (QED) is 0.135. The van der Waals surface area contributed by atoms with Gasteiger partial charge in [0.05, 0.1) is 11.4 Å². The lowest BCUT2D eigenvalue weighted by atomic mass is 9.91. The van der Waals surface area contributed by atoms with Crippen LogP contribution in [0.25, 0.3) is 80.0 Å². The molecule has 0 aliphatic carbocycles. The van der Waals surface area contributed by atoms with Crippen LogP contribution in [0.2, 0.25) is 0 Å². The van der Waals surface area contributed by atoms with Gasteiger partial charge in [0.15, 0.2) is 46.4 Å². The molecule has 0 saturated carbocycles. The van der Waals surface area contributed by atoms with Gasteiger partial charge in [-0.25, -0.2) is 29.9 Å². The number of para-hydroxylation sites is 6. The molecule has 13 nitrogen and oxygen atoms in total. The SMILES string of the molecule is c1ccc(-c2nc(-c3ccccn3)nc(-c3cc(N4c5ccccc5Cc5ccccc54)ccc3-c3ccc(N4c5ccccc5Oc5ccccc54)cc3-c3nc(-c4ccccn4)nc(-c4ccccn4)n3)n2)nc1. The maximum Gasteiger partial charge on any atom is 0.182 e. The molecule has 2 aliphatic rings. The summed E-state index contributed by atoms with van der Waals surface area (Å²) >= 11 is 0. The van der Waals surface area contributed by atoms with E-state index in [1.54, 1.807) is 24.8 Å². The van der Waals surface area contributed by atoms with E-state index in [0.717, 1.165) is 68.7 Å². The molecule has 0 bridgehead atoms. The Kier molecular flexibility index (Phi) is 10.9. The van der Waals surface area contributed by atoms with Crippen LogP contribution in [0.5, 0.6) is 11.5 Å². The normalized spacial score (nSPS) is 12.2. The molecule has 0 radical (unpaired) electrons. The van der Waals surface area contributed by atoms with Gasteiger partial charge in [0.2, 0.25) is 0 Å². The second-order valence-corrected chi connectivity index (χ2v) is 18.1. The van der Waals surface area contributed by atoms with Crippen molar-refractivity contribution in [1.82, 2.24) is 49.8 Å². The third kappa shape index (κ3) is 8.01. The molecule has 0 unspecified atom stereocenters. The molecule has 0 N–H and O–H groups in total. The first-order chi connectivity index (χ1) is 37.7. The van der Waals surface area contributed by atoms with E-state index in [4.69, 9.17) is 54.6 Å². The van der Waals surface area contributed by atoms with Crippen LogP contribution in [0.15, 0.2) is 231 Å². The van der Waals surface area contributed by atoms with Crippen LogP contribution in [0, 0.1) is 0 Å². The van der Waals surface area contributed by atoms with E-state index in [2.05, 4.69) is 107 Å². The summed E-state index contributed by atoms with van der Waals surface area (Å²) in [6, 6.07) is 68.9. The average molecular weight is 981 g/mol. The highest BCUT2D eigenvalue weighted by Crippen LogP contribution is 2.52. The summed E-state index contributed by atoms with van der Waals surface area (Å²) in [4.78, 5) is 54.6. The third-order valence-corrected chi connectivity index (χ3v) is 13.4. The Morgan fingerprint density at radius 1 is 0.289 bits per heavy atom. The van der Waals surface area contributed by atoms with Gasteiger partial charge in [0, 0.05) is 65.1 Å². The van der Waals surface area contributed by atoms with Crippen molar-refractivity contribution in [3.63, 3.8) is 0 Å². The zero-order valence-corrected chi connectivity index (χ0v) is 40.4. The fraction of sp³-hybridized carbons (Fsp3) is 0.0159. The summed E-state index contributed by atoms with van der Waals surface area (Å²) in [5, 5.41) is 0. The molecule has 0 amide bonds. The van der Waals surface area contributed by atoms with Crippen molar-refractivity contribution in [3.8, 4) is 91.5 Å². The van der Waals surface area contributed by atoms with E-state index >= 15 is 0 Å². The van der Waals surface area contributed by atoms with Crippen LogP contribution in [0.1, 0.15) is 11.1 Å². The molecule has 0 atom stereocenters. The minimum absolute atomic E-state index is 0.389. The minimum atomic E-state index is 0.389. The van der Waals surface area contributed by atoms with Crippen molar-refractivity contribution in [2.24, 2.45) is 0 Å². The number of fused-ring (bicyclic) bond motifs is 4. The first-order valence-corrected chi connectivity index (χ1v) is 24.8. The lowest BCUT2D eigenvalue weighted by molar-refractivity contribution is 0.477. The number of hydrogen-bond acceptors (Lipinski definition) is 13. The van der Waals surface area contributed by atoms with Crippen LogP contribution in [0.3, 0.4) is 0 Å². The number of hydrogen-bond donors (Lipinski definition) is 0. The van der Waals surface area contributed by atoms with Crippen molar-refractivity contribution >= 4 is 34.1 Å². The molecule has 6 aromatic carbocycles. The Morgan fingerprint density at radius 2 is 0.618 bits per heavy atom. The van der Waals surface area contributed by atoms with Gasteiger partial charge < -0.3 is 14.5 Å². The van der Waals surface area contributed by atoms with Gasteiger partial charge in [-0.1, -0.05) is 97.1 Å². The molecule has 76 heavy (non-hydrogen) atoms. The minimum Gasteiger partial charge on any atom is -0.453 e. The molecule has 0 saturated heterocycles. The van der Waals surface area contributed by atoms with Crippen molar-refractivity contribution in [2.75, 3.05) is 9.80 Å². The highest BCUT2D eigenvalue weighted by atomic mass is 16.5. The van der Waals surface area contributed by atoms with Gasteiger partial charge in [-0.05, 0) is 131 Å². The molecular formula is C63H40N12O. The summed E-state index contributed by atoms with van der Waals surface area (Å²) in [7, 11) is 0. The van der Waals surface area contributed by atoms with E-state index in [1.165, 1.54) is 11.1 Å². The van der Waals surface area contributed by atoms with Gasteiger partial charge in [-0.3, -0.25) is 19.9 Å². The van der Waals surface area contributed by atoms with Gasteiger partial charge in [-0.15, -0.1) is 0 Å². The maximum atomic E-state index is 6.50. The zero-order valence-electron chi connectivity index (χ0n) is 40.4. The Morgan fingerprint density at radius 3 is 1.00 bits per heavy atom. The van der Waals surface area contributed by atoms with Gasteiger partial charge in [0.1, 0.15) is 22.8 Å². The first kappa shape index (κ1) is 44.1. The van der Waals surface area contributed by atoms with E-state index in [9.17, 15) is 0 Å². The van der Waals surface area contributed by atoms with E-state index < -0.39 is 0 Å². The third-order valence-electron chi connectivity index (χ3n) is 13.4. The second-order valence-electron chi connectivity index (χ2n) is 18.1. The summed E-state index contributed by atoms with van der Waals surface area (Å²) < 4.78 is 6.50. The van der Waals surface area contributed by atoms with Crippen LogP contribution in [0.4, 0.5) is 34.1 Å². The predicted molar refractivity (Wildman–Crippen MR) is 295 cm³/mol. The first-order valence-electron chi connectivity index (χ1n) is 24.8. The molecule has 6 aromatic heterocycles. The van der Waals surface area contributed by atoms with Crippen LogP contribution >= 0.6 is 0 Å². The van der Waals surface area contributed by atoms with Crippen LogP contribution in [-0.2, 0) is 6.42 Å². The molecule has 14 rings (SSSR count). The van der Waals surface area contributed by atoms with E-state index in [0.29, 0.717) is 63.3 Å². The number of benzene rings is 6. The summed E-state index contributed by atoms with van der Waals surface area (Å²) in [6.07, 6.45) is 7.76. The maximum absolute atomic E-state index is 6.50. The Bertz CT molecular complexity index is 3670. The molecule has 8 heterocycles.